The van der Waals surface area contributed by atoms with Gasteiger partial charge in [0.15, 0.2) is 0 Å². The van der Waals surface area contributed by atoms with Crippen molar-refractivity contribution < 1.29 is 9.66 Å². The van der Waals surface area contributed by atoms with Crippen LogP contribution in [0.15, 0.2) is 12.1 Å². The molecule has 0 spiro atoms. The maximum Gasteiger partial charge on any atom is 0.271 e. The lowest BCUT2D eigenvalue weighted by Gasteiger charge is -2.12. The Kier molecular flexibility index (Phi) is 6.05. The van der Waals surface area contributed by atoms with Crippen LogP contribution >= 0.6 is 11.6 Å². The Morgan fingerprint density at radius 3 is 2.68 bits per heavy atom. The van der Waals surface area contributed by atoms with E-state index in [0.29, 0.717) is 18.2 Å². The molecule has 0 bridgehead atoms. The molecular weight excluding hydrogens is 268 g/mol. The number of hydrogen-bond donors (Lipinski definition) is 1. The van der Waals surface area contributed by atoms with Crippen LogP contribution in [0.3, 0.4) is 0 Å². The Balaban J connectivity index is 2.57. The Hall–Kier alpha value is -1.33. The maximum absolute atomic E-state index is 10.7. The van der Waals surface area contributed by atoms with Crippen molar-refractivity contribution in [2.75, 3.05) is 18.5 Å². The van der Waals surface area contributed by atoms with Crippen molar-refractivity contribution in [2.24, 2.45) is 0 Å². The minimum atomic E-state index is -0.445. The van der Waals surface area contributed by atoms with Crippen LogP contribution in [0, 0.1) is 17.0 Å². The third-order valence-electron chi connectivity index (χ3n) is 2.56. The van der Waals surface area contributed by atoms with Gasteiger partial charge in [-0.2, -0.15) is 0 Å². The molecule has 0 aliphatic rings. The zero-order valence-corrected chi connectivity index (χ0v) is 12.2. The molecule has 1 aromatic carbocycles. The number of rotatable bonds is 7. The van der Waals surface area contributed by atoms with Gasteiger partial charge in [-0.1, -0.05) is 11.6 Å². The highest BCUT2D eigenvalue weighted by Crippen LogP contribution is 2.30. The Labute approximate surface area is 118 Å². The molecule has 6 heteroatoms. The first kappa shape index (κ1) is 15.7. The summed E-state index contributed by atoms with van der Waals surface area (Å²) < 4.78 is 5.43. The van der Waals surface area contributed by atoms with Crippen molar-refractivity contribution in [3.63, 3.8) is 0 Å². The second-order valence-corrected chi connectivity index (χ2v) is 4.98. The fourth-order valence-electron chi connectivity index (χ4n) is 1.66. The first-order valence-electron chi connectivity index (χ1n) is 6.22. The summed E-state index contributed by atoms with van der Waals surface area (Å²) in [4.78, 5) is 10.2. The molecule has 0 aliphatic heterocycles. The Morgan fingerprint density at radius 1 is 1.47 bits per heavy atom. The number of anilines is 1. The van der Waals surface area contributed by atoms with Gasteiger partial charge >= 0.3 is 0 Å². The average Bonchev–Trinajstić information content (AvgIpc) is 2.30. The predicted octanol–water partition coefficient (Wildman–Crippen LogP) is 3.78. The molecule has 0 saturated heterocycles. The van der Waals surface area contributed by atoms with Crippen LogP contribution in [0.2, 0.25) is 5.02 Å². The van der Waals surface area contributed by atoms with Crippen LogP contribution in [0.5, 0.6) is 0 Å². The van der Waals surface area contributed by atoms with E-state index >= 15 is 0 Å². The molecule has 5 nitrogen and oxygen atoms in total. The lowest BCUT2D eigenvalue weighted by atomic mass is 10.1. The van der Waals surface area contributed by atoms with Gasteiger partial charge in [0.25, 0.3) is 5.69 Å². The molecule has 0 fully saturated rings. The Morgan fingerprint density at radius 2 is 2.16 bits per heavy atom. The van der Waals surface area contributed by atoms with Crippen LogP contribution in [0.25, 0.3) is 0 Å². The summed E-state index contributed by atoms with van der Waals surface area (Å²) in [5.41, 5.74) is 1.52. The molecule has 0 saturated carbocycles. The van der Waals surface area contributed by atoms with E-state index in [1.165, 1.54) is 12.1 Å². The minimum Gasteiger partial charge on any atom is -0.384 e. The molecule has 0 atom stereocenters. The van der Waals surface area contributed by atoms with E-state index in [9.17, 15) is 10.1 Å². The van der Waals surface area contributed by atoms with Gasteiger partial charge in [-0.05, 0) is 32.8 Å². The van der Waals surface area contributed by atoms with Gasteiger partial charge < -0.3 is 10.1 Å². The average molecular weight is 287 g/mol. The molecule has 19 heavy (non-hydrogen) atoms. The summed E-state index contributed by atoms with van der Waals surface area (Å²) in [6, 6.07) is 2.88. The van der Waals surface area contributed by atoms with Crippen LogP contribution in [-0.2, 0) is 4.74 Å². The highest BCUT2D eigenvalue weighted by Gasteiger charge is 2.12. The van der Waals surface area contributed by atoms with Crippen LogP contribution in [-0.4, -0.2) is 24.2 Å². The second kappa shape index (κ2) is 7.31. The number of nitrogens with zero attached hydrogens (tertiary/aromatic N) is 1. The fraction of sp³-hybridized carbons (Fsp3) is 0.538. The quantitative estimate of drug-likeness (QED) is 0.470. The first-order valence-corrected chi connectivity index (χ1v) is 6.59. The van der Waals surface area contributed by atoms with Crippen molar-refractivity contribution in [1.82, 2.24) is 0 Å². The molecule has 0 radical (unpaired) electrons. The molecule has 0 amide bonds. The van der Waals surface area contributed by atoms with Gasteiger partial charge in [-0.15, -0.1) is 0 Å². The topological polar surface area (TPSA) is 64.4 Å². The van der Waals surface area contributed by atoms with Gasteiger partial charge in [0.1, 0.15) is 0 Å². The van der Waals surface area contributed by atoms with Crippen molar-refractivity contribution in [1.29, 1.82) is 0 Å². The molecule has 1 N–H and O–H groups in total. The van der Waals surface area contributed by atoms with Crippen molar-refractivity contribution >= 4 is 23.0 Å². The van der Waals surface area contributed by atoms with E-state index in [2.05, 4.69) is 5.32 Å². The molecule has 0 aliphatic carbocycles. The monoisotopic (exact) mass is 286 g/mol. The molecule has 106 valence electrons. The van der Waals surface area contributed by atoms with Crippen LogP contribution in [0.1, 0.15) is 25.8 Å². The lowest BCUT2D eigenvalue weighted by molar-refractivity contribution is -0.384. The third kappa shape index (κ3) is 5.04. The van der Waals surface area contributed by atoms with E-state index in [-0.39, 0.29) is 11.8 Å². The highest BCUT2D eigenvalue weighted by atomic mass is 35.5. The van der Waals surface area contributed by atoms with Gasteiger partial charge in [-0.3, -0.25) is 10.1 Å². The van der Waals surface area contributed by atoms with Crippen LogP contribution < -0.4 is 5.32 Å². The minimum absolute atomic E-state index is 0.0104. The molecule has 0 aromatic heterocycles. The molecule has 0 heterocycles. The molecular formula is C13H19ClN2O3. The maximum atomic E-state index is 10.7. The molecule has 1 aromatic rings. The standard InChI is InChI=1S/C13H19ClN2O3/c1-9(2)19-6-4-5-15-13-10(3)7-11(16(17)18)8-12(13)14/h7-9,15H,4-6H2,1-3H3. The summed E-state index contributed by atoms with van der Waals surface area (Å²) in [7, 11) is 0. The number of ether oxygens (including phenoxy) is 1. The normalized spacial score (nSPS) is 10.8. The number of aryl methyl sites for hydroxylation is 1. The van der Waals surface area contributed by atoms with Crippen molar-refractivity contribution in [3.8, 4) is 0 Å². The number of hydrogen-bond acceptors (Lipinski definition) is 4. The summed E-state index contributed by atoms with van der Waals surface area (Å²) in [6.45, 7) is 7.17. The largest absolute Gasteiger partial charge is 0.384 e. The number of nitro benzene ring substituents is 1. The van der Waals surface area contributed by atoms with E-state index < -0.39 is 4.92 Å². The van der Waals surface area contributed by atoms with Gasteiger partial charge in [0.2, 0.25) is 0 Å². The number of nitro groups is 1. The highest BCUT2D eigenvalue weighted by molar-refractivity contribution is 6.33. The lowest BCUT2D eigenvalue weighted by Crippen LogP contribution is -2.10. The van der Waals surface area contributed by atoms with Gasteiger partial charge in [-0.25, -0.2) is 0 Å². The number of halogens is 1. The number of non-ortho nitro benzene ring substituents is 1. The summed E-state index contributed by atoms with van der Waals surface area (Å²) in [6.07, 6.45) is 1.08. The smallest absolute Gasteiger partial charge is 0.271 e. The molecule has 1 rings (SSSR count). The molecule has 0 unspecified atom stereocenters. The summed E-state index contributed by atoms with van der Waals surface area (Å²) in [5.74, 6) is 0. The van der Waals surface area contributed by atoms with Gasteiger partial charge in [0.05, 0.1) is 21.7 Å². The van der Waals surface area contributed by atoms with E-state index in [1.54, 1.807) is 6.92 Å². The number of benzene rings is 1. The first-order chi connectivity index (χ1) is 8.91. The predicted molar refractivity (Wildman–Crippen MR) is 77.0 cm³/mol. The fourth-order valence-corrected chi connectivity index (χ4v) is 1.99. The zero-order chi connectivity index (χ0) is 14.4. The zero-order valence-electron chi connectivity index (χ0n) is 11.4. The van der Waals surface area contributed by atoms with Crippen molar-refractivity contribution in [2.45, 2.75) is 33.3 Å². The van der Waals surface area contributed by atoms with Crippen molar-refractivity contribution in [3.05, 3.63) is 32.8 Å². The summed E-state index contributed by atoms with van der Waals surface area (Å²) >= 11 is 6.04. The van der Waals surface area contributed by atoms with E-state index in [0.717, 1.165) is 17.7 Å². The Bertz CT molecular complexity index is 427. The van der Waals surface area contributed by atoms with Gasteiger partial charge in [0, 0.05) is 25.3 Å². The summed E-state index contributed by atoms with van der Waals surface area (Å²) in [5, 5.41) is 14.2. The van der Waals surface area contributed by atoms with E-state index in [4.69, 9.17) is 16.3 Å². The SMILES string of the molecule is Cc1cc([N+](=O)[O-])cc(Cl)c1NCCCOC(C)C. The second-order valence-electron chi connectivity index (χ2n) is 4.58. The van der Waals surface area contributed by atoms with Crippen LogP contribution in [0.4, 0.5) is 11.4 Å². The number of nitrogens with one attached hydrogen (secondary N) is 1. The third-order valence-corrected chi connectivity index (χ3v) is 2.86. The van der Waals surface area contributed by atoms with E-state index in [1.807, 2.05) is 13.8 Å².